The van der Waals surface area contributed by atoms with Gasteiger partial charge in [-0.25, -0.2) is 0 Å². The lowest BCUT2D eigenvalue weighted by molar-refractivity contribution is -0.118. The quantitative estimate of drug-likeness (QED) is 0.800. The number of amides is 2. The van der Waals surface area contributed by atoms with E-state index in [0.717, 1.165) is 5.56 Å². The van der Waals surface area contributed by atoms with Gasteiger partial charge in [0.25, 0.3) is 5.91 Å². The number of furan rings is 1. The van der Waals surface area contributed by atoms with Crippen LogP contribution in [0.3, 0.4) is 0 Å². The molecule has 110 valence electrons. The zero-order valence-electron chi connectivity index (χ0n) is 11.1. The summed E-state index contributed by atoms with van der Waals surface area (Å²) >= 11 is 3.13. The molecule has 21 heavy (non-hydrogen) atoms. The van der Waals surface area contributed by atoms with Crippen molar-refractivity contribution in [2.45, 2.75) is 6.54 Å². The first-order chi connectivity index (χ1) is 9.97. The van der Waals surface area contributed by atoms with Gasteiger partial charge in [-0.3, -0.25) is 9.59 Å². The lowest BCUT2D eigenvalue weighted by Gasteiger charge is -2.21. The van der Waals surface area contributed by atoms with Crippen LogP contribution < -0.4 is 11.5 Å². The predicted octanol–water partition coefficient (Wildman–Crippen LogP) is 1.75. The van der Waals surface area contributed by atoms with Crippen LogP contribution >= 0.6 is 15.9 Å². The van der Waals surface area contributed by atoms with Crippen LogP contribution in [-0.2, 0) is 11.3 Å². The second-order valence-electron chi connectivity index (χ2n) is 4.43. The van der Waals surface area contributed by atoms with Crippen LogP contribution in [0, 0.1) is 0 Å². The van der Waals surface area contributed by atoms with Gasteiger partial charge in [-0.2, -0.15) is 0 Å². The molecule has 7 heteroatoms. The molecular formula is C14H14BrN3O3. The van der Waals surface area contributed by atoms with E-state index >= 15 is 0 Å². The fraction of sp³-hybridized carbons (Fsp3) is 0.143. The molecule has 0 fully saturated rings. The maximum Gasteiger partial charge on any atom is 0.290 e. The summed E-state index contributed by atoms with van der Waals surface area (Å²) in [4.78, 5) is 24.8. The first-order valence-electron chi connectivity index (χ1n) is 6.13. The molecule has 1 aromatic heterocycles. The molecule has 0 saturated heterocycles. The van der Waals surface area contributed by atoms with Crippen molar-refractivity contribution >= 4 is 33.4 Å². The van der Waals surface area contributed by atoms with E-state index in [0.29, 0.717) is 10.4 Å². The van der Waals surface area contributed by atoms with Crippen molar-refractivity contribution in [1.29, 1.82) is 0 Å². The molecular weight excluding hydrogens is 338 g/mol. The molecule has 4 N–H and O–H groups in total. The highest BCUT2D eigenvalue weighted by molar-refractivity contribution is 9.10. The number of primary amides is 1. The summed E-state index contributed by atoms with van der Waals surface area (Å²) in [6.45, 7) is -0.0434. The van der Waals surface area contributed by atoms with E-state index in [2.05, 4.69) is 15.9 Å². The van der Waals surface area contributed by atoms with Crippen LogP contribution in [0.1, 0.15) is 16.1 Å². The summed E-state index contributed by atoms with van der Waals surface area (Å²) in [5, 5.41) is 0. The zero-order valence-corrected chi connectivity index (χ0v) is 12.7. The van der Waals surface area contributed by atoms with Crippen LogP contribution in [0.5, 0.6) is 0 Å². The molecule has 0 saturated carbocycles. The maximum absolute atomic E-state index is 12.4. The van der Waals surface area contributed by atoms with Gasteiger partial charge in [0.15, 0.2) is 10.4 Å². The van der Waals surface area contributed by atoms with Crippen LogP contribution in [0.4, 0.5) is 5.69 Å². The smallest absolute Gasteiger partial charge is 0.290 e. The van der Waals surface area contributed by atoms with E-state index in [1.807, 2.05) is 6.07 Å². The number of carbonyl (C=O) groups excluding carboxylic acids is 2. The third-order valence-corrected chi connectivity index (χ3v) is 3.26. The van der Waals surface area contributed by atoms with Crippen molar-refractivity contribution < 1.29 is 14.0 Å². The molecule has 1 heterocycles. The SMILES string of the molecule is NC(=O)CN(Cc1ccccc1N)C(=O)c1ccc(Br)o1. The molecule has 0 spiro atoms. The highest BCUT2D eigenvalue weighted by Gasteiger charge is 2.21. The summed E-state index contributed by atoms with van der Waals surface area (Å²) in [5.74, 6) is -0.913. The van der Waals surface area contributed by atoms with E-state index in [-0.39, 0.29) is 18.8 Å². The Balaban J connectivity index is 2.24. The number of hydrogen-bond acceptors (Lipinski definition) is 4. The van der Waals surface area contributed by atoms with Crippen molar-refractivity contribution in [3.8, 4) is 0 Å². The van der Waals surface area contributed by atoms with Gasteiger partial charge >= 0.3 is 0 Å². The molecule has 0 unspecified atom stereocenters. The third-order valence-electron chi connectivity index (χ3n) is 2.83. The average molecular weight is 352 g/mol. The van der Waals surface area contributed by atoms with Crippen LogP contribution in [-0.4, -0.2) is 23.3 Å². The number of hydrogen-bond donors (Lipinski definition) is 2. The molecule has 2 rings (SSSR count). The Morgan fingerprint density at radius 3 is 2.48 bits per heavy atom. The largest absolute Gasteiger partial charge is 0.444 e. The first kappa shape index (κ1) is 15.1. The van der Waals surface area contributed by atoms with E-state index in [9.17, 15) is 9.59 Å². The highest BCUT2D eigenvalue weighted by Crippen LogP contribution is 2.18. The number of anilines is 1. The Labute approximate surface area is 129 Å². The summed E-state index contributed by atoms with van der Waals surface area (Å²) in [7, 11) is 0. The van der Waals surface area contributed by atoms with E-state index in [4.69, 9.17) is 15.9 Å². The number of para-hydroxylation sites is 1. The fourth-order valence-electron chi connectivity index (χ4n) is 1.86. The lowest BCUT2D eigenvalue weighted by atomic mass is 10.1. The van der Waals surface area contributed by atoms with Gasteiger partial charge in [0.05, 0.1) is 0 Å². The minimum Gasteiger partial charge on any atom is -0.444 e. The van der Waals surface area contributed by atoms with E-state index in [1.165, 1.54) is 11.0 Å². The molecule has 0 radical (unpaired) electrons. The standard InChI is InChI=1S/C14H14BrN3O3/c15-12-6-5-11(21-12)14(20)18(8-13(17)19)7-9-3-1-2-4-10(9)16/h1-6H,7-8,16H2,(H2,17,19). The average Bonchev–Trinajstić information content (AvgIpc) is 2.86. The molecule has 0 aliphatic rings. The molecule has 0 aliphatic heterocycles. The Morgan fingerprint density at radius 2 is 1.90 bits per heavy atom. The Hall–Kier alpha value is -2.28. The van der Waals surface area contributed by atoms with Crippen molar-refractivity contribution in [1.82, 2.24) is 4.90 Å². The Bertz CT molecular complexity index is 669. The minimum absolute atomic E-state index is 0.123. The number of nitrogens with zero attached hydrogens (tertiary/aromatic N) is 1. The van der Waals surface area contributed by atoms with E-state index < -0.39 is 11.8 Å². The summed E-state index contributed by atoms with van der Waals surface area (Å²) < 4.78 is 5.65. The van der Waals surface area contributed by atoms with Gasteiger partial charge < -0.3 is 20.8 Å². The van der Waals surface area contributed by atoms with Gasteiger partial charge in [-0.1, -0.05) is 18.2 Å². The number of benzene rings is 1. The number of halogens is 1. The molecule has 2 amide bonds. The molecule has 2 aromatic rings. The van der Waals surface area contributed by atoms with Gasteiger partial charge in [0, 0.05) is 12.2 Å². The Kier molecular flexibility index (Phi) is 4.64. The molecule has 6 nitrogen and oxygen atoms in total. The zero-order chi connectivity index (χ0) is 15.4. The second kappa shape index (κ2) is 6.45. The number of carbonyl (C=O) groups is 2. The normalized spacial score (nSPS) is 10.3. The topological polar surface area (TPSA) is 103 Å². The predicted molar refractivity (Wildman–Crippen MR) is 81.2 cm³/mol. The Morgan fingerprint density at radius 1 is 1.19 bits per heavy atom. The van der Waals surface area contributed by atoms with Gasteiger partial charge in [-0.15, -0.1) is 0 Å². The number of nitrogen functional groups attached to an aromatic ring is 1. The minimum atomic E-state index is -0.608. The lowest BCUT2D eigenvalue weighted by Crippen LogP contribution is -2.38. The third kappa shape index (κ3) is 3.85. The van der Waals surface area contributed by atoms with Gasteiger partial charge in [-0.05, 0) is 39.7 Å². The highest BCUT2D eigenvalue weighted by atomic mass is 79.9. The van der Waals surface area contributed by atoms with Crippen molar-refractivity contribution in [3.63, 3.8) is 0 Å². The van der Waals surface area contributed by atoms with Crippen molar-refractivity contribution in [3.05, 3.63) is 52.4 Å². The fourth-order valence-corrected chi connectivity index (χ4v) is 2.16. The second-order valence-corrected chi connectivity index (χ2v) is 5.21. The van der Waals surface area contributed by atoms with Crippen molar-refractivity contribution in [2.75, 3.05) is 12.3 Å². The molecule has 1 aromatic carbocycles. The van der Waals surface area contributed by atoms with Crippen molar-refractivity contribution in [2.24, 2.45) is 5.73 Å². The molecule has 0 atom stereocenters. The summed E-state index contributed by atoms with van der Waals surface area (Å²) in [5.41, 5.74) is 12.3. The van der Waals surface area contributed by atoms with Crippen LogP contribution in [0.25, 0.3) is 0 Å². The van der Waals surface area contributed by atoms with Crippen LogP contribution in [0.2, 0.25) is 0 Å². The summed E-state index contributed by atoms with van der Waals surface area (Å²) in [6, 6.07) is 10.2. The summed E-state index contributed by atoms with van der Waals surface area (Å²) in [6.07, 6.45) is 0. The van der Waals surface area contributed by atoms with E-state index in [1.54, 1.807) is 24.3 Å². The number of rotatable bonds is 5. The van der Waals surface area contributed by atoms with Crippen LogP contribution in [0.15, 0.2) is 45.5 Å². The first-order valence-corrected chi connectivity index (χ1v) is 6.93. The number of nitrogens with two attached hydrogens (primary N) is 2. The molecule has 0 aliphatic carbocycles. The van der Waals surface area contributed by atoms with Gasteiger partial charge in [0.1, 0.15) is 6.54 Å². The molecule has 0 bridgehead atoms. The van der Waals surface area contributed by atoms with Gasteiger partial charge in [0.2, 0.25) is 5.91 Å². The maximum atomic E-state index is 12.4. The monoisotopic (exact) mass is 351 g/mol.